The maximum absolute atomic E-state index is 10.6. The summed E-state index contributed by atoms with van der Waals surface area (Å²) in [5.74, 6) is 0. The molecule has 1 heterocycles. The van der Waals surface area contributed by atoms with Crippen LogP contribution >= 0.6 is 22.5 Å². The molecule has 0 aromatic carbocycles. The van der Waals surface area contributed by atoms with Crippen molar-refractivity contribution in [2.75, 3.05) is 13.1 Å². The quantitative estimate of drug-likeness (QED) is 0.415. The lowest BCUT2D eigenvalue weighted by Crippen LogP contribution is -2.39. The molecule has 1 aliphatic rings. The molecule has 1 aliphatic heterocycles. The molecule has 0 saturated carbocycles. The Morgan fingerprint density at radius 1 is 1.62 bits per heavy atom. The third-order valence-corrected chi connectivity index (χ3v) is 2.08. The Hall–Kier alpha value is 0.170. The zero-order valence-electron chi connectivity index (χ0n) is 4.33. The molecule has 46 valence electrons. The summed E-state index contributed by atoms with van der Waals surface area (Å²) in [7, 11) is 0.990. The van der Waals surface area contributed by atoms with Gasteiger partial charge in [0.1, 0.15) is 0 Å². The Kier molecular flexibility index (Phi) is 2.08. The molecular formula is C4H7NOS2. The molecule has 0 aliphatic carbocycles. The number of amides is 1. The molecule has 1 saturated heterocycles. The van der Waals surface area contributed by atoms with Crippen LogP contribution < -0.4 is 0 Å². The highest BCUT2D eigenvalue weighted by Gasteiger charge is 2.18. The SMILES string of the molecule is O=C(SS)N1CCC1. The first kappa shape index (κ1) is 6.29. The van der Waals surface area contributed by atoms with Gasteiger partial charge in [-0.3, -0.25) is 4.79 Å². The predicted octanol–water partition coefficient (Wildman–Crippen LogP) is 1.39. The minimum Gasteiger partial charge on any atom is -0.333 e. The molecule has 0 aromatic heterocycles. The predicted molar refractivity (Wildman–Crippen MR) is 38.2 cm³/mol. The van der Waals surface area contributed by atoms with E-state index < -0.39 is 0 Å². The van der Waals surface area contributed by atoms with Crippen molar-refractivity contribution in [3.05, 3.63) is 0 Å². The zero-order chi connectivity index (χ0) is 5.98. The Morgan fingerprint density at radius 3 is 2.38 bits per heavy atom. The van der Waals surface area contributed by atoms with Crippen molar-refractivity contribution < 1.29 is 4.79 Å². The maximum Gasteiger partial charge on any atom is 0.292 e. The van der Waals surface area contributed by atoms with E-state index in [0.717, 1.165) is 30.3 Å². The molecule has 1 amide bonds. The Balaban J connectivity index is 2.24. The van der Waals surface area contributed by atoms with E-state index in [2.05, 4.69) is 11.7 Å². The molecule has 0 bridgehead atoms. The standard InChI is InChI=1S/C4H7NOS2/c6-4(8-7)5-2-1-3-5/h7H,1-3H2. The molecule has 0 radical (unpaired) electrons. The van der Waals surface area contributed by atoms with Crippen molar-refractivity contribution >= 4 is 27.7 Å². The Morgan fingerprint density at radius 2 is 2.25 bits per heavy atom. The van der Waals surface area contributed by atoms with E-state index in [1.165, 1.54) is 0 Å². The van der Waals surface area contributed by atoms with Crippen molar-refractivity contribution in [1.82, 2.24) is 4.90 Å². The van der Waals surface area contributed by atoms with E-state index >= 15 is 0 Å². The van der Waals surface area contributed by atoms with Crippen LogP contribution in [-0.2, 0) is 0 Å². The minimum atomic E-state index is 0.0829. The molecule has 0 unspecified atom stereocenters. The van der Waals surface area contributed by atoms with Crippen molar-refractivity contribution in [3.63, 3.8) is 0 Å². The van der Waals surface area contributed by atoms with Gasteiger partial charge in [-0.05, 0) is 6.42 Å². The fourth-order valence-corrected chi connectivity index (χ4v) is 1.20. The molecule has 8 heavy (non-hydrogen) atoms. The molecule has 1 fully saturated rings. The first-order valence-electron chi connectivity index (χ1n) is 2.45. The number of rotatable bonds is 0. The summed E-state index contributed by atoms with van der Waals surface area (Å²) in [6.45, 7) is 1.85. The number of nitrogens with zero attached hydrogens (tertiary/aromatic N) is 1. The fourth-order valence-electron chi connectivity index (χ4n) is 0.557. The second-order valence-electron chi connectivity index (χ2n) is 1.70. The number of thiol groups is 1. The number of carbonyl (C=O) groups is 1. The molecule has 0 atom stereocenters. The van der Waals surface area contributed by atoms with Gasteiger partial charge in [0.15, 0.2) is 0 Å². The van der Waals surface area contributed by atoms with Crippen LogP contribution in [-0.4, -0.2) is 23.2 Å². The highest BCUT2D eigenvalue weighted by molar-refractivity contribution is 8.74. The molecule has 4 heteroatoms. The van der Waals surface area contributed by atoms with Gasteiger partial charge in [-0.15, -0.1) is 11.7 Å². The van der Waals surface area contributed by atoms with Crippen molar-refractivity contribution in [2.45, 2.75) is 6.42 Å². The lowest BCUT2D eigenvalue weighted by molar-refractivity contribution is 0.193. The van der Waals surface area contributed by atoms with Crippen LogP contribution in [0, 0.1) is 0 Å². The summed E-state index contributed by atoms with van der Waals surface area (Å²) in [5.41, 5.74) is 0. The second-order valence-corrected chi connectivity index (χ2v) is 2.78. The van der Waals surface area contributed by atoms with Gasteiger partial charge < -0.3 is 4.90 Å². The zero-order valence-corrected chi connectivity index (χ0v) is 6.04. The van der Waals surface area contributed by atoms with Crippen LogP contribution in [0.25, 0.3) is 0 Å². The van der Waals surface area contributed by atoms with Crippen molar-refractivity contribution in [2.24, 2.45) is 0 Å². The largest absolute Gasteiger partial charge is 0.333 e. The summed E-state index contributed by atoms with van der Waals surface area (Å²) in [6.07, 6.45) is 1.15. The van der Waals surface area contributed by atoms with Gasteiger partial charge in [0, 0.05) is 23.9 Å². The van der Waals surface area contributed by atoms with E-state index in [0.29, 0.717) is 0 Å². The fraction of sp³-hybridized carbons (Fsp3) is 0.750. The number of likely N-dealkylation sites (tertiary alicyclic amines) is 1. The van der Waals surface area contributed by atoms with Crippen LogP contribution in [0.2, 0.25) is 0 Å². The van der Waals surface area contributed by atoms with Gasteiger partial charge in [-0.1, -0.05) is 0 Å². The molecular weight excluding hydrogens is 142 g/mol. The number of hydrogen-bond acceptors (Lipinski definition) is 3. The molecule has 2 nitrogen and oxygen atoms in total. The van der Waals surface area contributed by atoms with Crippen LogP contribution in [0.4, 0.5) is 4.79 Å². The summed E-state index contributed by atoms with van der Waals surface area (Å²) in [4.78, 5) is 12.4. The molecule has 1 rings (SSSR count). The van der Waals surface area contributed by atoms with Gasteiger partial charge in [-0.25, -0.2) is 0 Å². The minimum absolute atomic E-state index is 0.0829. The molecule has 0 aromatic rings. The van der Waals surface area contributed by atoms with E-state index in [9.17, 15) is 4.79 Å². The lowest BCUT2D eigenvalue weighted by atomic mass is 10.2. The smallest absolute Gasteiger partial charge is 0.292 e. The highest BCUT2D eigenvalue weighted by atomic mass is 33.1. The Labute approximate surface area is 57.4 Å². The third kappa shape index (κ3) is 1.11. The first-order valence-corrected chi connectivity index (χ1v) is 4.32. The topological polar surface area (TPSA) is 20.3 Å². The summed E-state index contributed by atoms with van der Waals surface area (Å²) in [6, 6.07) is 0. The number of hydrogen-bond donors (Lipinski definition) is 1. The summed E-state index contributed by atoms with van der Waals surface area (Å²) < 4.78 is 0. The van der Waals surface area contributed by atoms with Gasteiger partial charge in [0.05, 0.1) is 0 Å². The average molecular weight is 149 g/mol. The van der Waals surface area contributed by atoms with Crippen LogP contribution in [0.5, 0.6) is 0 Å². The highest BCUT2D eigenvalue weighted by Crippen LogP contribution is 2.17. The van der Waals surface area contributed by atoms with Crippen molar-refractivity contribution in [3.8, 4) is 0 Å². The van der Waals surface area contributed by atoms with Crippen molar-refractivity contribution in [1.29, 1.82) is 0 Å². The molecule has 0 spiro atoms. The second kappa shape index (κ2) is 2.64. The summed E-state index contributed by atoms with van der Waals surface area (Å²) >= 11 is 3.77. The van der Waals surface area contributed by atoms with Gasteiger partial charge in [-0.2, -0.15) is 0 Å². The van der Waals surface area contributed by atoms with Crippen LogP contribution in [0.3, 0.4) is 0 Å². The third-order valence-electron chi connectivity index (χ3n) is 1.19. The van der Waals surface area contributed by atoms with Gasteiger partial charge in [0.25, 0.3) is 5.24 Å². The van der Waals surface area contributed by atoms with E-state index in [1.807, 2.05) is 0 Å². The van der Waals surface area contributed by atoms with E-state index in [1.54, 1.807) is 4.90 Å². The first-order chi connectivity index (χ1) is 3.84. The van der Waals surface area contributed by atoms with Crippen LogP contribution in [0.1, 0.15) is 6.42 Å². The van der Waals surface area contributed by atoms with Gasteiger partial charge in [0.2, 0.25) is 0 Å². The van der Waals surface area contributed by atoms with Crippen LogP contribution in [0.15, 0.2) is 0 Å². The van der Waals surface area contributed by atoms with E-state index in [4.69, 9.17) is 0 Å². The monoisotopic (exact) mass is 149 g/mol. The number of carbonyl (C=O) groups excluding carboxylic acids is 1. The Bertz CT molecular complexity index is 102. The lowest BCUT2D eigenvalue weighted by Gasteiger charge is -2.29. The average Bonchev–Trinajstić information content (AvgIpc) is 1.62. The van der Waals surface area contributed by atoms with E-state index in [-0.39, 0.29) is 5.24 Å². The molecule has 0 N–H and O–H groups in total. The van der Waals surface area contributed by atoms with Gasteiger partial charge >= 0.3 is 0 Å². The normalized spacial score (nSPS) is 17.9. The maximum atomic E-state index is 10.6. The summed E-state index contributed by atoms with van der Waals surface area (Å²) in [5, 5.41) is 0.0829.